The van der Waals surface area contributed by atoms with Gasteiger partial charge in [-0.15, -0.1) is 11.8 Å². The van der Waals surface area contributed by atoms with Crippen LogP contribution in [0.2, 0.25) is 0 Å². The summed E-state index contributed by atoms with van der Waals surface area (Å²) in [6.45, 7) is -0.311. The summed E-state index contributed by atoms with van der Waals surface area (Å²) in [5.74, 6) is 0.264. The quantitative estimate of drug-likeness (QED) is 0.213. The summed E-state index contributed by atoms with van der Waals surface area (Å²) in [6.07, 6.45) is 0.706. The zero-order valence-corrected chi connectivity index (χ0v) is 11.4. The van der Waals surface area contributed by atoms with Crippen LogP contribution in [-0.2, 0) is 0 Å². The lowest BCUT2D eigenvalue weighted by Gasteiger charge is -2.12. The molecule has 2 aromatic rings. The van der Waals surface area contributed by atoms with Crippen molar-refractivity contribution < 1.29 is 15.4 Å². The molecule has 0 spiro atoms. The molecule has 5 N–H and O–H groups in total. The fraction of sp³-hybridized carbons (Fsp3) is 0.231. The second kappa shape index (κ2) is 6.56. The predicted octanol–water partition coefficient (Wildman–Crippen LogP) is 0.775. The molecule has 0 amide bonds. The van der Waals surface area contributed by atoms with Gasteiger partial charge in [-0.1, -0.05) is 23.4 Å². The summed E-state index contributed by atoms with van der Waals surface area (Å²) in [5, 5.41) is 31.1. The number of pyridine rings is 1. The number of thioether (sulfide) groups is 1. The number of aliphatic hydroxyl groups is 2. The molecule has 1 aromatic carbocycles. The molecule has 1 atom stereocenters. The molecule has 0 fully saturated rings. The van der Waals surface area contributed by atoms with Crippen LogP contribution in [0.3, 0.4) is 0 Å². The summed E-state index contributed by atoms with van der Waals surface area (Å²) in [6, 6.07) is 7.48. The third kappa shape index (κ3) is 3.01. The molecule has 1 heterocycles. The minimum Gasteiger partial charge on any atom is -0.409 e. The zero-order chi connectivity index (χ0) is 14.5. The molecule has 0 saturated carbocycles. The summed E-state index contributed by atoms with van der Waals surface area (Å²) in [4.78, 5) is 5.02. The first kappa shape index (κ1) is 14.6. The molecule has 7 heteroatoms. The van der Waals surface area contributed by atoms with E-state index in [0.717, 1.165) is 15.8 Å². The van der Waals surface area contributed by atoms with Crippen molar-refractivity contribution >= 4 is 28.5 Å². The molecule has 0 aliphatic carbocycles. The van der Waals surface area contributed by atoms with Crippen LogP contribution in [0.25, 0.3) is 10.9 Å². The van der Waals surface area contributed by atoms with Gasteiger partial charge in [0.25, 0.3) is 0 Å². The highest BCUT2D eigenvalue weighted by Gasteiger charge is 2.14. The Labute approximate surface area is 119 Å². The fourth-order valence-electron chi connectivity index (χ4n) is 1.74. The number of oxime groups is 1. The third-order valence-corrected chi connectivity index (χ3v) is 4.02. The molecule has 0 aliphatic heterocycles. The van der Waals surface area contributed by atoms with E-state index in [9.17, 15) is 5.11 Å². The van der Waals surface area contributed by atoms with Crippen molar-refractivity contribution in [1.29, 1.82) is 0 Å². The third-order valence-electron chi connectivity index (χ3n) is 2.74. The first-order chi connectivity index (χ1) is 9.67. The van der Waals surface area contributed by atoms with E-state index in [1.54, 1.807) is 0 Å². The standard InChI is InChI=1S/C13H15N3O3S/c14-13(16-19)10-5-15-11-4-2-1-3-9(11)12(10)20-7-8(18)6-17/h1-5,8,17-19H,6-7H2,(H2,14,16). The molecule has 0 aliphatic rings. The lowest BCUT2D eigenvalue weighted by molar-refractivity contribution is 0.113. The normalized spacial score (nSPS) is 13.6. The van der Waals surface area contributed by atoms with Crippen molar-refractivity contribution in [1.82, 2.24) is 4.98 Å². The highest BCUT2D eigenvalue weighted by molar-refractivity contribution is 7.99. The average Bonchev–Trinajstić information content (AvgIpc) is 2.51. The van der Waals surface area contributed by atoms with Gasteiger partial charge in [0, 0.05) is 22.2 Å². The zero-order valence-electron chi connectivity index (χ0n) is 10.6. The Morgan fingerprint density at radius 3 is 2.85 bits per heavy atom. The van der Waals surface area contributed by atoms with Crippen molar-refractivity contribution in [2.24, 2.45) is 10.9 Å². The lowest BCUT2D eigenvalue weighted by atomic mass is 10.1. The maximum absolute atomic E-state index is 9.48. The summed E-state index contributed by atoms with van der Waals surface area (Å²) in [7, 11) is 0. The van der Waals surface area contributed by atoms with E-state index in [1.165, 1.54) is 18.0 Å². The fourth-order valence-corrected chi connectivity index (χ4v) is 2.85. The number of hydrogen-bond acceptors (Lipinski definition) is 6. The summed E-state index contributed by atoms with van der Waals surface area (Å²) in [5.41, 5.74) is 6.94. The molecule has 0 radical (unpaired) electrons. The molecule has 1 unspecified atom stereocenters. The topological polar surface area (TPSA) is 112 Å². The van der Waals surface area contributed by atoms with E-state index in [-0.39, 0.29) is 12.4 Å². The Hall–Kier alpha value is -1.83. The number of benzene rings is 1. The van der Waals surface area contributed by atoms with Gasteiger partial charge in [0.05, 0.1) is 23.8 Å². The predicted molar refractivity (Wildman–Crippen MR) is 78.1 cm³/mol. The molecular weight excluding hydrogens is 278 g/mol. The molecule has 20 heavy (non-hydrogen) atoms. The van der Waals surface area contributed by atoms with E-state index in [0.29, 0.717) is 11.3 Å². The molecular formula is C13H15N3O3S. The van der Waals surface area contributed by atoms with Gasteiger partial charge in [-0.2, -0.15) is 0 Å². The minimum absolute atomic E-state index is 0.0377. The second-order valence-corrected chi connectivity index (χ2v) is 5.18. The maximum atomic E-state index is 9.48. The van der Waals surface area contributed by atoms with Crippen LogP contribution in [0.4, 0.5) is 0 Å². The highest BCUT2D eigenvalue weighted by atomic mass is 32.2. The Bertz CT molecular complexity index is 633. The number of rotatable bonds is 5. The van der Waals surface area contributed by atoms with E-state index >= 15 is 0 Å². The largest absolute Gasteiger partial charge is 0.409 e. The molecule has 2 rings (SSSR count). The number of hydrogen-bond donors (Lipinski definition) is 4. The van der Waals surface area contributed by atoms with Crippen LogP contribution < -0.4 is 5.73 Å². The maximum Gasteiger partial charge on any atom is 0.172 e. The average molecular weight is 293 g/mol. The second-order valence-electron chi connectivity index (χ2n) is 4.15. The number of para-hydroxylation sites is 1. The van der Waals surface area contributed by atoms with Crippen LogP contribution in [0.15, 0.2) is 40.5 Å². The molecule has 6 nitrogen and oxygen atoms in total. The first-order valence-electron chi connectivity index (χ1n) is 5.94. The molecule has 106 valence electrons. The van der Waals surface area contributed by atoms with E-state index in [2.05, 4.69) is 10.1 Å². The Kier molecular flexibility index (Phi) is 4.78. The van der Waals surface area contributed by atoms with Gasteiger partial charge in [0.15, 0.2) is 5.84 Å². The number of nitrogens with two attached hydrogens (primary N) is 1. The van der Waals surface area contributed by atoms with Crippen LogP contribution in [-0.4, -0.2) is 44.7 Å². The van der Waals surface area contributed by atoms with Gasteiger partial charge in [-0.05, 0) is 6.07 Å². The van der Waals surface area contributed by atoms with E-state index in [1.807, 2.05) is 24.3 Å². The lowest BCUT2D eigenvalue weighted by Crippen LogP contribution is -2.17. The van der Waals surface area contributed by atoms with Crippen LogP contribution >= 0.6 is 11.8 Å². The van der Waals surface area contributed by atoms with Gasteiger partial charge in [0.1, 0.15) is 0 Å². The Morgan fingerprint density at radius 2 is 2.15 bits per heavy atom. The molecule has 1 aromatic heterocycles. The summed E-state index contributed by atoms with van der Waals surface area (Å²) < 4.78 is 0. The van der Waals surface area contributed by atoms with Gasteiger partial charge in [-0.25, -0.2) is 0 Å². The molecule has 0 saturated heterocycles. The van der Waals surface area contributed by atoms with Crippen molar-refractivity contribution in [3.05, 3.63) is 36.0 Å². The minimum atomic E-state index is -0.827. The van der Waals surface area contributed by atoms with Gasteiger partial charge in [-0.3, -0.25) is 4.98 Å². The summed E-state index contributed by atoms with van der Waals surface area (Å²) >= 11 is 1.33. The van der Waals surface area contributed by atoms with Gasteiger partial charge >= 0.3 is 0 Å². The first-order valence-corrected chi connectivity index (χ1v) is 6.93. The number of aliphatic hydroxyl groups excluding tert-OH is 2. The Morgan fingerprint density at radius 1 is 1.40 bits per heavy atom. The van der Waals surface area contributed by atoms with E-state index in [4.69, 9.17) is 16.0 Å². The highest BCUT2D eigenvalue weighted by Crippen LogP contribution is 2.30. The van der Waals surface area contributed by atoms with Crippen molar-refractivity contribution in [3.63, 3.8) is 0 Å². The van der Waals surface area contributed by atoms with Crippen LogP contribution in [0, 0.1) is 0 Å². The van der Waals surface area contributed by atoms with Crippen molar-refractivity contribution in [2.45, 2.75) is 11.0 Å². The van der Waals surface area contributed by atoms with Crippen LogP contribution in [0.5, 0.6) is 0 Å². The van der Waals surface area contributed by atoms with Crippen LogP contribution in [0.1, 0.15) is 5.56 Å². The number of amidine groups is 1. The van der Waals surface area contributed by atoms with Gasteiger partial charge in [0.2, 0.25) is 0 Å². The van der Waals surface area contributed by atoms with Crippen molar-refractivity contribution in [2.75, 3.05) is 12.4 Å². The number of aromatic nitrogens is 1. The Balaban J connectivity index is 2.50. The monoisotopic (exact) mass is 293 g/mol. The van der Waals surface area contributed by atoms with Crippen molar-refractivity contribution in [3.8, 4) is 0 Å². The molecule has 0 bridgehead atoms. The number of nitrogens with zero attached hydrogens (tertiary/aromatic N) is 2. The van der Waals surface area contributed by atoms with Gasteiger partial charge < -0.3 is 21.2 Å². The SMILES string of the molecule is NC(=NO)c1cnc2ccccc2c1SCC(O)CO. The smallest absolute Gasteiger partial charge is 0.172 e. The van der Waals surface area contributed by atoms with E-state index < -0.39 is 6.10 Å². The number of fused-ring (bicyclic) bond motifs is 1.